The van der Waals surface area contributed by atoms with Crippen LogP contribution in [0.25, 0.3) is 0 Å². The molecule has 4 N–H and O–H groups in total. The summed E-state index contributed by atoms with van der Waals surface area (Å²) < 4.78 is 2.74. The van der Waals surface area contributed by atoms with E-state index in [-0.39, 0.29) is 45.5 Å². The Labute approximate surface area is 77.9 Å². The van der Waals surface area contributed by atoms with E-state index >= 15 is 0 Å². The molecule has 0 aliphatic rings. The molecule has 0 fully saturated rings. The van der Waals surface area contributed by atoms with Gasteiger partial charge in [-0.25, -0.2) is 0 Å². The van der Waals surface area contributed by atoms with Gasteiger partial charge < -0.3 is 14.4 Å². The summed E-state index contributed by atoms with van der Waals surface area (Å²) in [4.78, 5) is 22.8. The van der Waals surface area contributed by atoms with Gasteiger partial charge >= 0.3 is 54.5 Å². The first-order chi connectivity index (χ1) is 2.56. The van der Waals surface area contributed by atoms with Crippen molar-refractivity contribution in [1.29, 1.82) is 0 Å². The summed E-state index contributed by atoms with van der Waals surface area (Å²) in [6.45, 7) is 0. The van der Waals surface area contributed by atoms with Crippen molar-refractivity contribution in [3.05, 3.63) is 0 Å². The molecule has 7 heteroatoms. The minimum absolute atomic E-state index is 0. The number of rotatable bonds is 1. The zero-order valence-electron chi connectivity index (χ0n) is 2.70. The van der Waals surface area contributed by atoms with Crippen LogP contribution in [0.1, 0.15) is 0 Å². The van der Waals surface area contributed by atoms with Crippen LogP contribution < -0.4 is 0 Å². The fourth-order valence-corrected chi connectivity index (χ4v) is 0. The van der Waals surface area contributed by atoms with Crippen LogP contribution in [0.5, 0.6) is 0 Å². The molecule has 0 bridgehead atoms. The van der Waals surface area contributed by atoms with Crippen LogP contribution in [0.2, 0.25) is 0 Å². The fraction of sp³-hybridized carbons (Fsp3) is 0. The molecule has 0 atom stereocenters. The minimum atomic E-state index is -4.58. The Kier molecular flexibility index (Phi) is 7.09. The second kappa shape index (κ2) is 4.38. The van der Waals surface area contributed by atoms with Gasteiger partial charge in [0.1, 0.15) is 0 Å². The summed E-state index contributed by atoms with van der Waals surface area (Å²) in [5, 5.41) is 7.21. The molecule has 42 valence electrons. The van der Waals surface area contributed by atoms with E-state index in [1.807, 2.05) is 0 Å². The molecule has 0 aromatic carbocycles. The topological polar surface area (TPSA) is 90.2 Å². The van der Waals surface area contributed by atoms with E-state index < -0.39 is 9.05 Å². The van der Waals surface area contributed by atoms with Gasteiger partial charge in [0.2, 0.25) is 0 Å². The Balaban J connectivity index is 0. The summed E-state index contributed by atoms with van der Waals surface area (Å²) >= 11 is 0. The van der Waals surface area contributed by atoms with Gasteiger partial charge in [-0.1, -0.05) is 0 Å². The second-order valence-electron chi connectivity index (χ2n) is 0.665. The van der Waals surface area contributed by atoms with E-state index in [2.05, 4.69) is 4.58 Å². The average molecular weight is 202 g/mol. The number of hydrogen-bond acceptors (Lipinski definition) is 5. The van der Waals surface area contributed by atoms with Gasteiger partial charge in [0, 0.05) is 0 Å². The third-order valence-electron chi connectivity index (χ3n) is 0.122. The monoisotopic (exact) mass is 202 g/mol. The van der Waals surface area contributed by atoms with Crippen LogP contribution in [0.15, 0.2) is 0 Å². The van der Waals surface area contributed by atoms with E-state index in [9.17, 15) is 0 Å². The molecule has 0 aromatic rings. The first kappa shape index (κ1) is 11.3. The summed E-state index contributed by atoms with van der Waals surface area (Å²) in [6.07, 6.45) is 0. The molecule has 0 unspecified atom stereocenters. The van der Waals surface area contributed by atoms with Crippen molar-refractivity contribution in [3.8, 4) is 0 Å². The van der Waals surface area contributed by atoms with Gasteiger partial charge in [-0.15, -0.1) is 0 Å². The molecular formula is H6O5SiSr. The van der Waals surface area contributed by atoms with Crippen LogP contribution >= 0.6 is 0 Å². The molecule has 0 aliphatic carbocycles. The Bertz CT molecular complexity index is 37.8. The van der Waals surface area contributed by atoms with Gasteiger partial charge in [0.25, 0.3) is 0 Å². The van der Waals surface area contributed by atoms with Crippen molar-refractivity contribution in [2.24, 2.45) is 0 Å². The van der Waals surface area contributed by atoms with Crippen LogP contribution in [0.3, 0.4) is 0 Å². The molecule has 0 spiro atoms. The maximum atomic E-state index is 7.60. The first-order valence-corrected chi connectivity index (χ1v) is 2.81. The van der Waals surface area contributed by atoms with Crippen LogP contribution in [-0.4, -0.2) is 74.2 Å². The zero-order chi connectivity index (χ0) is 5.21. The number of hydrogen-bond donors (Lipinski definition) is 4. The van der Waals surface area contributed by atoms with Crippen molar-refractivity contribution >= 4 is 54.5 Å². The van der Waals surface area contributed by atoms with E-state index in [0.717, 1.165) is 0 Å². The van der Waals surface area contributed by atoms with Crippen molar-refractivity contribution in [3.63, 3.8) is 0 Å². The van der Waals surface area contributed by atoms with Gasteiger partial charge in [-0.05, 0) is 0 Å². The van der Waals surface area contributed by atoms with Crippen LogP contribution in [0.4, 0.5) is 0 Å². The standard InChI is InChI=1S/H4O5Si.Sr.2H/c1-5-6(2,3)4;;;/h1-4H;;;. The predicted octanol–water partition coefficient (Wildman–Crippen LogP) is -3.03. The zero-order valence-corrected chi connectivity index (χ0v) is 3.70. The Morgan fingerprint density at radius 1 is 1.14 bits per heavy atom. The molecule has 5 nitrogen and oxygen atoms in total. The first-order valence-electron chi connectivity index (χ1n) is 1.06. The normalized spacial score (nSPS) is 10.3. The molecule has 0 aromatic heterocycles. The van der Waals surface area contributed by atoms with Gasteiger partial charge in [0.05, 0.1) is 0 Å². The summed E-state index contributed by atoms with van der Waals surface area (Å²) in [6, 6.07) is 0. The van der Waals surface area contributed by atoms with Crippen molar-refractivity contribution < 1.29 is 24.2 Å². The van der Waals surface area contributed by atoms with Crippen molar-refractivity contribution in [2.75, 3.05) is 0 Å². The molecule has 0 rings (SSSR count). The molecule has 0 saturated heterocycles. The molecule has 0 heterocycles. The average Bonchev–Trinajstić information content (AvgIpc) is 1.35. The van der Waals surface area contributed by atoms with Gasteiger partial charge in [-0.2, -0.15) is 4.58 Å². The fourth-order valence-electron chi connectivity index (χ4n) is 0. The molecule has 7 heavy (non-hydrogen) atoms. The van der Waals surface area contributed by atoms with E-state index in [1.165, 1.54) is 0 Å². The predicted molar refractivity (Wildman–Crippen MR) is 24.7 cm³/mol. The van der Waals surface area contributed by atoms with Gasteiger partial charge in [0.15, 0.2) is 0 Å². The summed E-state index contributed by atoms with van der Waals surface area (Å²) in [5.41, 5.74) is 0. The Morgan fingerprint density at radius 3 is 1.29 bits per heavy atom. The summed E-state index contributed by atoms with van der Waals surface area (Å²) in [7, 11) is -4.58. The maximum absolute atomic E-state index is 7.60. The quantitative estimate of drug-likeness (QED) is 0.206. The van der Waals surface area contributed by atoms with Crippen LogP contribution in [0, 0.1) is 0 Å². The third-order valence-corrected chi connectivity index (χ3v) is 0.367. The van der Waals surface area contributed by atoms with Gasteiger partial charge in [-0.3, -0.25) is 5.26 Å². The Morgan fingerprint density at radius 2 is 1.29 bits per heavy atom. The third kappa shape index (κ3) is 11.2. The molecule has 0 amide bonds. The van der Waals surface area contributed by atoms with E-state index in [4.69, 9.17) is 19.6 Å². The van der Waals surface area contributed by atoms with Crippen molar-refractivity contribution in [2.45, 2.75) is 0 Å². The molecule has 0 radical (unpaired) electrons. The molecular weight excluding hydrogens is 196 g/mol. The summed E-state index contributed by atoms with van der Waals surface area (Å²) in [5.74, 6) is 0. The Hall–Kier alpha value is 1.50. The molecule has 0 saturated carbocycles. The second-order valence-corrected chi connectivity index (χ2v) is 2.00. The molecule has 0 aliphatic heterocycles. The van der Waals surface area contributed by atoms with Crippen LogP contribution in [-0.2, 0) is 4.58 Å². The SMILES string of the molecule is OO[Si](O)(O)O.[SrH2]. The van der Waals surface area contributed by atoms with E-state index in [1.54, 1.807) is 0 Å². The van der Waals surface area contributed by atoms with E-state index in [0.29, 0.717) is 0 Å². The van der Waals surface area contributed by atoms with Crippen molar-refractivity contribution in [1.82, 2.24) is 0 Å².